The highest BCUT2D eigenvalue weighted by Gasteiger charge is 2.29. The second-order valence-corrected chi connectivity index (χ2v) is 8.47. The fourth-order valence-electron chi connectivity index (χ4n) is 3.37. The van der Waals surface area contributed by atoms with E-state index in [-0.39, 0.29) is 30.0 Å². The summed E-state index contributed by atoms with van der Waals surface area (Å²) in [4.78, 5) is 4.43. The van der Waals surface area contributed by atoms with E-state index in [1.54, 1.807) is 4.31 Å². The van der Waals surface area contributed by atoms with E-state index in [0.29, 0.717) is 19.0 Å². The van der Waals surface area contributed by atoms with Gasteiger partial charge in [-0.05, 0) is 36.8 Å². The molecule has 1 atom stereocenters. The molecular formula is C18H31IN4O2S. The third-order valence-electron chi connectivity index (χ3n) is 4.72. The standard InChI is InChI=1S/C18H30N4O2S.HI/c1-4-14-9-8-10-15(5-2)17(14)21-18(19)20-13-16-11-6-7-12-22(16)25(3,23)24;/h8-10,16H,4-7,11-13H2,1-3H3,(H3,19,20,21);1H. The first-order chi connectivity index (χ1) is 11.9. The molecule has 0 spiro atoms. The molecule has 1 heterocycles. The summed E-state index contributed by atoms with van der Waals surface area (Å²) in [7, 11) is -3.20. The summed E-state index contributed by atoms with van der Waals surface area (Å²) in [6.45, 7) is 5.19. The zero-order valence-electron chi connectivity index (χ0n) is 15.9. The van der Waals surface area contributed by atoms with Crippen molar-refractivity contribution in [1.82, 2.24) is 4.31 Å². The number of para-hydroxylation sites is 1. The van der Waals surface area contributed by atoms with Gasteiger partial charge in [0.2, 0.25) is 10.0 Å². The Hall–Kier alpha value is -0.870. The summed E-state index contributed by atoms with van der Waals surface area (Å²) >= 11 is 0. The molecule has 1 aromatic carbocycles. The van der Waals surface area contributed by atoms with E-state index in [0.717, 1.165) is 37.8 Å². The van der Waals surface area contributed by atoms with Gasteiger partial charge < -0.3 is 11.1 Å². The van der Waals surface area contributed by atoms with Crippen molar-refractivity contribution >= 4 is 45.6 Å². The van der Waals surface area contributed by atoms with Crippen LogP contribution in [-0.2, 0) is 22.9 Å². The van der Waals surface area contributed by atoms with Crippen LogP contribution in [0.4, 0.5) is 5.69 Å². The van der Waals surface area contributed by atoms with Crippen LogP contribution in [0, 0.1) is 0 Å². The third kappa shape index (κ3) is 6.09. The third-order valence-corrected chi connectivity index (χ3v) is 6.06. The Morgan fingerprint density at radius 3 is 2.42 bits per heavy atom. The number of anilines is 1. The van der Waals surface area contributed by atoms with Gasteiger partial charge in [0.1, 0.15) is 0 Å². The molecule has 1 aliphatic rings. The number of piperidine rings is 1. The number of hydrogen-bond donors (Lipinski definition) is 2. The number of nitrogens with zero attached hydrogens (tertiary/aromatic N) is 2. The van der Waals surface area contributed by atoms with Gasteiger partial charge in [0, 0.05) is 18.3 Å². The number of benzene rings is 1. The summed E-state index contributed by atoms with van der Waals surface area (Å²) in [6.07, 6.45) is 5.85. The first kappa shape index (κ1) is 23.2. The highest BCUT2D eigenvalue weighted by molar-refractivity contribution is 14.0. The second kappa shape index (κ2) is 10.5. The van der Waals surface area contributed by atoms with Gasteiger partial charge in [-0.3, -0.25) is 4.99 Å². The topological polar surface area (TPSA) is 87.8 Å². The van der Waals surface area contributed by atoms with Crippen LogP contribution in [0.3, 0.4) is 0 Å². The molecule has 2 rings (SSSR count). The molecule has 0 amide bonds. The summed E-state index contributed by atoms with van der Waals surface area (Å²) in [5.74, 6) is 0.342. The van der Waals surface area contributed by atoms with E-state index < -0.39 is 10.0 Å². The summed E-state index contributed by atoms with van der Waals surface area (Å²) in [5.41, 5.74) is 9.52. The van der Waals surface area contributed by atoms with Crippen molar-refractivity contribution in [1.29, 1.82) is 0 Å². The van der Waals surface area contributed by atoms with Gasteiger partial charge >= 0.3 is 0 Å². The molecule has 1 aliphatic heterocycles. The van der Waals surface area contributed by atoms with Gasteiger partial charge in [-0.1, -0.05) is 38.5 Å². The largest absolute Gasteiger partial charge is 0.370 e. The van der Waals surface area contributed by atoms with Crippen LogP contribution in [0.1, 0.15) is 44.2 Å². The minimum atomic E-state index is -3.20. The number of rotatable bonds is 6. The Labute approximate surface area is 174 Å². The molecule has 148 valence electrons. The Kier molecular flexibility index (Phi) is 9.32. The molecule has 1 unspecified atom stereocenters. The van der Waals surface area contributed by atoms with Crippen molar-refractivity contribution in [2.75, 3.05) is 24.7 Å². The molecule has 0 bridgehead atoms. The molecular weight excluding hydrogens is 463 g/mol. The summed E-state index contributed by atoms with van der Waals surface area (Å²) in [6, 6.07) is 6.13. The normalized spacial score (nSPS) is 19.0. The number of guanidine groups is 1. The number of aryl methyl sites for hydroxylation is 2. The van der Waals surface area contributed by atoms with E-state index >= 15 is 0 Å². The number of nitrogens with one attached hydrogen (secondary N) is 1. The molecule has 26 heavy (non-hydrogen) atoms. The first-order valence-electron chi connectivity index (χ1n) is 9.01. The van der Waals surface area contributed by atoms with Crippen LogP contribution >= 0.6 is 24.0 Å². The van der Waals surface area contributed by atoms with Crippen LogP contribution in [0.5, 0.6) is 0 Å². The molecule has 8 heteroatoms. The zero-order chi connectivity index (χ0) is 18.4. The Bertz CT molecular complexity index is 700. The molecule has 3 N–H and O–H groups in total. The van der Waals surface area contributed by atoms with Gasteiger partial charge in [-0.15, -0.1) is 24.0 Å². The van der Waals surface area contributed by atoms with Crippen molar-refractivity contribution < 1.29 is 8.42 Å². The van der Waals surface area contributed by atoms with Crippen molar-refractivity contribution in [2.24, 2.45) is 10.7 Å². The Morgan fingerprint density at radius 2 is 1.88 bits per heavy atom. The number of halogens is 1. The molecule has 0 aliphatic carbocycles. The zero-order valence-corrected chi connectivity index (χ0v) is 19.0. The van der Waals surface area contributed by atoms with Crippen molar-refractivity contribution in [3.05, 3.63) is 29.3 Å². The lowest BCUT2D eigenvalue weighted by Crippen LogP contribution is -2.45. The molecule has 0 aromatic heterocycles. The highest BCUT2D eigenvalue weighted by atomic mass is 127. The predicted octanol–water partition coefficient (Wildman–Crippen LogP) is 2.97. The number of sulfonamides is 1. The van der Waals surface area contributed by atoms with Crippen molar-refractivity contribution in [3.63, 3.8) is 0 Å². The van der Waals surface area contributed by atoms with Crippen LogP contribution in [0.2, 0.25) is 0 Å². The number of hydrogen-bond acceptors (Lipinski definition) is 3. The Morgan fingerprint density at radius 1 is 1.27 bits per heavy atom. The fourth-order valence-corrected chi connectivity index (χ4v) is 4.54. The minimum Gasteiger partial charge on any atom is -0.370 e. The molecule has 1 fully saturated rings. The van der Waals surface area contributed by atoms with Gasteiger partial charge in [0.05, 0.1) is 12.8 Å². The number of aliphatic imine (C=N–C) groups is 1. The lowest BCUT2D eigenvalue weighted by molar-refractivity contribution is 0.259. The average Bonchev–Trinajstić information content (AvgIpc) is 2.59. The smallest absolute Gasteiger partial charge is 0.211 e. The quantitative estimate of drug-likeness (QED) is 0.362. The number of nitrogens with two attached hydrogens (primary N) is 1. The molecule has 1 saturated heterocycles. The van der Waals surface area contributed by atoms with Crippen molar-refractivity contribution in [2.45, 2.75) is 52.0 Å². The van der Waals surface area contributed by atoms with Gasteiger partial charge in [0.15, 0.2) is 5.96 Å². The van der Waals surface area contributed by atoms with E-state index in [2.05, 4.69) is 42.4 Å². The predicted molar refractivity (Wildman–Crippen MR) is 120 cm³/mol. The van der Waals surface area contributed by atoms with Crippen LogP contribution in [0.25, 0.3) is 0 Å². The van der Waals surface area contributed by atoms with Crippen LogP contribution in [0.15, 0.2) is 23.2 Å². The lowest BCUT2D eigenvalue weighted by Gasteiger charge is -2.32. The average molecular weight is 494 g/mol. The first-order valence-corrected chi connectivity index (χ1v) is 10.9. The minimum absolute atomic E-state index is 0. The lowest BCUT2D eigenvalue weighted by atomic mass is 10.0. The Balaban J connectivity index is 0.00000338. The summed E-state index contributed by atoms with van der Waals surface area (Å²) in [5, 5.41) is 3.23. The molecule has 1 aromatic rings. The van der Waals surface area contributed by atoms with Gasteiger partial charge in [0.25, 0.3) is 0 Å². The van der Waals surface area contributed by atoms with E-state index in [1.165, 1.54) is 17.4 Å². The van der Waals surface area contributed by atoms with Gasteiger partial charge in [-0.2, -0.15) is 4.31 Å². The maximum atomic E-state index is 11.9. The molecule has 0 radical (unpaired) electrons. The van der Waals surface area contributed by atoms with E-state index in [4.69, 9.17) is 5.73 Å². The van der Waals surface area contributed by atoms with E-state index in [9.17, 15) is 8.42 Å². The SMILES string of the molecule is CCc1cccc(CC)c1NC(N)=NCC1CCCCN1S(C)(=O)=O.I. The molecule has 6 nitrogen and oxygen atoms in total. The molecule has 0 saturated carbocycles. The highest BCUT2D eigenvalue weighted by Crippen LogP contribution is 2.23. The van der Waals surface area contributed by atoms with Crippen LogP contribution in [-0.4, -0.2) is 44.1 Å². The van der Waals surface area contributed by atoms with E-state index in [1.807, 2.05) is 0 Å². The summed E-state index contributed by atoms with van der Waals surface area (Å²) < 4.78 is 25.4. The fraction of sp³-hybridized carbons (Fsp3) is 0.611. The second-order valence-electron chi connectivity index (χ2n) is 6.53. The maximum absolute atomic E-state index is 11.9. The monoisotopic (exact) mass is 494 g/mol. The van der Waals surface area contributed by atoms with Crippen molar-refractivity contribution in [3.8, 4) is 0 Å². The van der Waals surface area contributed by atoms with Gasteiger partial charge in [-0.25, -0.2) is 8.42 Å². The van der Waals surface area contributed by atoms with Crippen LogP contribution < -0.4 is 11.1 Å². The maximum Gasteiger partial charge on any atom is 0.211 e.